The quantitative estimate of drug-likeness (QED) is 0.689. The van der Waals surface area contributed by atoms with Crippen LogP contribution in [0.2, 0.25) is 0 Å². The van der Waals surface area contributed by atoms with Crippen LogP contribution in [0.4, 0.5) is 0 Å². The van der Waals surface area contributed by atoms with E-state index in [9.17, 15) is 0 Å². The molecule has 0 fully saturated rings. The van der Waals surface area contributed by atoms with Gasteiger partial charge in [-0.1, -0.05) is 0 Å². The second kappa shape index (κ2) is 5.05. The van der Waals surface area contributed by atoms with Crippen LogP contribution in [0, 0.1) is 17.4 Å². The number of aromatic amines is 1. The van der Waals surface area contributed by atoms with Crippen LogP contribution >= 0.6 is 22.6 Å². The number of aromatic nitrogens is 3. The standard InChI is InChI=1S/C15H14IN3O/c1-8-4-10(5-9(2)14(8)20-3)12-7-18-15-13(19-12)11(16)6-17-15/h4-7H,1-3H3,(H,17,18). The first-order valence-corrected chi connectivity index (χ1v) is 7.33. The fourth-order valence-electron chi connectivity index (χ4n) is 2.42. The van der Waals surface area contributed by atoms with Crippen LogP contribution in [0.3, 0.4) is 0 Å². The summed E-state index contributed by atoms with van der Waals surface area (Å²) in [5.41, 5.74) is 5.88. The average molecular weight is 379 g/mol. The number of rotatable bonds is 2. The number of benzene rings is 1. The van der Waals surface area contributed by atoms with Gasteiger partial charge in [-0.25, -0.2) is 9.97 Å². The lowest BCUT2D eigenvalue weighted by Crippen LogP contribution is -1.94. The van der Waals surface area contributed by atoms with Crippen LogP contribution in [0.1, 0.15) is 11.1 Å². The van der Waals surface area contributed by atoms with E-state index in [0.717, 1.165) is 42.9 Å². The monoisotopic (exact) mass is 379 g/mol. The minimum Gasteiger partial charge on any atom is -0.496 e. The molecule has 3 aromatic rings. The Bertz CT molecular complexity index is 772. The molecule has 1 N–H and O–H groups in total. The second-order valence-corrected chi connectivity index (χ2v) is 5.89. The third-order valence-electron chi connectivity index (χ3n) is 3.29. The van der Waals surface area contributed by atoms with E-state index >= 15 is 0 Å². The van der Waals surface area contributed by atoms with E-state index in [1.807, 2.05) is 20.0 Å². The van der Waals surface area contributed by atoms with Crippen molar-refractivity contribution in [1.29, 1.82) is 0 Å². The van der Waals surface area contributed by atoms with Gasteiger partial charge in [0.1, 0.15) is 11.3 Å². The number of H-pyrrole nitrogens is 1. The Morgan fingerprint density at radius 1 is 1.20 bits per heavy atom. The molecule has 0 amide bonds. The summed E-state index contributed by atoms with van der Waals surface area (Å²) in [4.78, 5) is 12.2. The molecule has 0 saturated carbocycles. The molecule has 20 heavy (non-hydrogen) atoms. The summed E-state index contributed by atoms with van der Waals surface area (Å²) in [6, 6.07) is 4.17. The molecule has 102 valence electrons. The third kappa shape index (κ3) is 2.15. The van der Waals surface area contributed by atoms with Gasteiger partial charge in [-0.3, -0.25) is 0 Å². The van der Waals surface area contributed by atoms with Gasteiger partial charge in [-0.15, -0.1) is 0 Å². The Hall–Kier alpha value is -1.63. The largest absolute Gasteiger partial charge is 0.496 e. The number of hydrogen-bond acceptors (Lipinski definition) is 3. The summed E-state index contributed by atoms with van der Waals surface area (Å²) >= 11 is 2.26. The number of aryl methyl sites for hydroxylation is 2. The number of hydrogen-bond donors (Lipinski definition) is 1. The smallest absolute Gasteiger partial charge is 0.157 e. The first-order valence-electron chi connectivity index (χ1n) is 6.25. The highest BCUT2D eigenvalue weighted by Crippen LogP contribution is 2.29. The molecule has 0 bridgehead atoms. The maximum absolute atomic E-state index is 5.40. The van der Waals surface area contributed by atoms with Crippen LogP contribution in [0.15, 0.2) is 24.5 Å². The normalized spacial score (nSPS) is 11.0. The Labute approximate surface area is 130 Å². The van der Waals surface area contributed by atoms with Crippen LogP contribution in [0.25, 0.3) is 22.4 Å². The zero-order valence-electron chi connectivity index (χ0n) is 11.5. The lowest BCUT2D eigenvalue weighted by Gasteiger charge is -2.11. The third-order valence-corrected chi connectivity index (χ3v) is 4.12. The van der Waals surface area contributed by atoms with Crippen molar-refractivity contribution < 1.29 is 4.74 Å². The van der Waals surface area contributed by atoms with Crippen molar-refractivity contribution in [2.24, 2.45) is 0 Å². The fourth-order valence-corrected chi connectivity index (χ4v) is 2.95. The predicted molar refractivity (Wildman–Crippen MR) is 88.1 cm³/mol. The molecule has 1 aromatic carbocycles. The zero-order valence-corrected chi connectivity index (χ0v) is 13.6. The average Bonchev–Trinajstić information content (AvgIpc) is 2.79. The first kappa shape index (κ1) is 13.4. The molecular weight excluding hydrogens is 365 g/mol. The predicted octanol–water partition coefficient (Wildman–Crippen LogP) is 3.85. The Kier molecular flexibility index (Phi) is 3.37. The maximum atomic E-state index is 5.40. The fraction of sp³-hybridized carbons (Fsp3) is 0.200. The molecule has 0 aliphatic rings. The van der Waals surface area contributed by atoms with Gasteiger partial charge in [0.2, 0.25) is 0 Å². The summed E-state index contributed by atoms with van der Waals surface area (Å²) in [5, 5.41) is 0. The molecular formula is C15H14IN3O. The van der Waals surface area contributed by atoms with Crippen molar-refractivity contribution in [2.45, 2.75) is 13.8 Å². The number of methoxy groups -OCH3 is 1. The van der Waals surface area contributed by atoms with Crippen LogP contribution in [0.5, 0.6) is 5.75 Å². The minimum atomic E-state index is 0.820. The summed E-state index contributed by atoms with van der Waals surface area (Å²) in [6.07, 6.45) is 3.72. The molecule has 0 atom stereocenters. The summed E-state index contributed by atoms with van der Waals surface area (Å²) < 4.78 is 6.48. The van der Waals surface area contributed by atoms with Crippen molar-refractivity contribution in [1.82, 2.24) is 15.0 Å². The van der Waals surface area contributed by atoms with Gasteiger partial charge < -0.3 is 9.72 Å². The van der Waals surface area contributed by atoms with Gasteiger partial charge in [0.05, 0.1) is 22.6 Å². The zero-order chi connectivity index (χ0) is 14.3. The Morgan fingerprint density at radius 3 is 2.55 bits per heavy atom. The molecule has 0 aliphatic heterocycles. The highest BCUT2D eigenvalue weighted by Gasteiger charge is 2.10. The molecule has 4 nitrogen and oxygen atoms in total. The van der Waals surface area contributed by atoms with Crippen molar-refractivity contribution in [2.75, 3.05) is 7.11 Å². The van der Waals surface area contributed by atoms with Gasteiger partial charge in [-0.2, -0.15) is 0 Å². The number of nitrogens with zero attached hydrogens (tertiary/aromatic N) is 2. The number of nitrogens with one attached hydrogen (secondary N) is 1. The van der Waals surface area contributed by atoms with E-state index in [1.54, 1.807) is 13.3 Å². The minimum absolute atomic E-state index is 0.820. The molecule has 0 spiro atoms. The van der Waals surface area contributed by atoms with Crippen LogP contribution in [-0.2, 0) is 0 Å². The molecule has 0 aliphatic carbocycles. The van der Waals surface area contributed by atoms with Crippen molar-refractivity contribution in [3.63, 3.8) is 0 Å². The number of ether oxygens (including phenoxy) is 1. The topological polar surface area (TPSA) is 50.8 Å². The van der Waals surface area contributed by atoms with E-state index in [0.29, 0.717) is 0 Å². The lowest BCUT2D eigenvalue weighted by molar-refractivity contribution is 0.408. The van der Waals surface area contributed by atoms with Gasteiger partial charge >= 0.3 is 0 Å². The SMILES string of the molecule is COc1c(C)cc(-c2cnc3[nH]cc(I)c3n2)cc1C. The maximum Gasteiger partial charge on any atom is 0.157 e. The van der Waals surface area contributed by atoms with Crippen molar-refractivity contribution >= 4 is 33.8 Å². The van der Waals surface area contributed by atoms with Gasteiger partial charge in [0.15, 0.2) is 5.65 Å². The summed E-state index contributed by atoms with van der Waals surface area (Å²) in [5.74, 6) is 0.930. The first-order chi connectivity index (χ1) is 9.60. The van der Waals surface area contributed by atoms with Crippen LogP contribution in [-0.4, -0.2) is 22.1 Å². The van der Waals surface area contributed by atoms with E-state index in [1.165, 1.54) is 0 Å². The van der Waals surface area contributed by atoms with Gasteiger partial charge in [0, 0.05) is 11.8 Å². The summed E-state index contributed by atoms with van der Waals surface area (Å²) in [7, 11) is 1.70. The van der Waals surface area contributed by atoms with Gasteiger partial charge in [-0.05, 0) is 59.7 Å². The van der Waals surface area contributed by atoms with E-state index in [2.05, 4.69) is 44.7 Å². The van der Waals surface area contributed by atoms with Crippen molar-refractivity contribution in [3.05, 3.63) is 39.2 Å². The molecule has 2 heterocycles. The summed E-state index contributed by atoms with van der Waals surface area (Å²) in [6.45, 7) is 4.09. The number of fused-ring (bicyclic) bond motifs is 1. The highest BCUT2D eigenvalue weighted by atomic mass is 127. The number of halogens is 1. The van der Waals surface area contributed by atoms with E-state index < -0.39 is 0 Å². The molecule has 0 unspecified atom stereocenters. The molecule has 0 radical (unpaired) electrons. The highest BCUT2D eigenvalue weighted by molar-refractivity contribution is 14.1. The Balaban J connectivity index is 2.17. The molecule has 2 aromatic heterocycles. The van der Waals surface area contributed by atoms with Gasteiger partial charge in [0.25, 0.3) is 0 Å². The lowest BCUT2D eigenvalue weighted by atomic mass is 10.0. The second-order valence-electron chi connectivity index (χ2n) is 4.73. The molecule has 0 saturated heterocycles. The molecule has 3 rings (SSSR count). The Morgan fingerprint density at radius 2 is 1.90 bits per heavy atom. The molecule has 5 heteroatoms. The van der Waals surface area contributed by atoms with Crippen LogP contribution < -0.4 is 4.74 Å². The van der Waals surface area contributed by atoms with E-state index in [4.69, 9.17) is 9.72 Å². The van der Waals surface area contributed by atoms with E-state index in [-0.39, 0.29) is 0 Å². The van der Waals surface area contributed by atoms with Crippen molar-refractivity contribution in [3.8, 4) is 17.0 Å².